The first-order chi connectivity index (χ1) is 15.8. The predicted molar refractivity (Wildman–Crippen MR) is 133 cm³/mol. The summed E-state index contributed by atoms with van der Waals surface area (Å²) in [5.74, 6) is -0.450. The van der Waals surface area contributed by atoms with Gasteiger partial charge in [0.1, 0.15) is 0 Å². The Hall–Kier alpha value is -3.49. The van der Waals surface area contributed by atoms with E-state index in [4.69, 9.17) is 0 Å². The largest absolute Gasteiger partial charge is 0.312 e. The minimum absolute atomic E-state index is 0.146. The van der Waals surface area contributed by atoms with Gasteiger partial charge in [0.25, 0.3) is 15.9 Å². The molecule has 4 rings (SSSR count). The van der Waals surface area contributed by atoms with Crippen molar-refractivity contribution in [2.45, 2.75) is 25.3 Å². The van der Waals surface area contributed by atoms with Crippen molar-refractivity contribution in [3.63, 3.8) is 0 Å². The van der Waals surface area contributed by atoms with E-state index in [0.29, 0.717) is 22.6 Å². The molecule has 0 aliphatic carbocycles. The van der Waals surface area contributed by atoms with Crippen molar-refractivity contribution in [2.75, 3.05) is 4.72 Å². The van der Waals surface area contributed by atoms with E-state index in [9.17, 15) is 13.2 Å². The Kier molecular flexibility index (Phi) is 6.31. The van der Waals surface area contributed by atoms with Crippen LogP contribution < -0.4 is 9.52 Å². The molecule has 0 saturated carbocycles. The molecule has 168 valence electrons. The smallest absolute Gasteiger partial charge is 0.279 e. The second-order valence-corrected chi connectivity index (χ2v) is 10.3. The lowest BCUT2D eigenvalue weighted by atomic mass is 10.1. The summed E-state index contributed by atoms with van der Waals surface area (Å²) in [6, 6.07) is 18.6. The monoisotopic (exact) mass is 477 g/mol. The summed E-state index contributed by atoms with van der Waals surface area (Å²) >= 11 is 1.45. The van der Waals surface area contributed by atoms with Crippen LogP contribution in [0, 0.1) is 13.8 Å². The minimum atomic E-state index is -3.76. The highest BCUT2D eigenvalue weighted by molar-refractivity contribution is 7.92. The van der Waals surface area contributed by atoms with Crippen LogP contribution >= 0.6 is 11.3 Å². The minimum Gasteiger partial charge on any atom is -0.312 e. The van der Waals surface area contributed by atoms with Gasteiger partial charge in [0.15, 0.2) is 4.80 Å². The number of nitrogens with zero attached hydrogens (tertiary/aromatic N) is 2. The lowest BCUT2D eigenvalue weighted by Crippen LogP contribution is -2.16. The van der Waals surface area contributed by atoms with Crippen molar-refractivity contribution in [3.8, 4) is 0 Å². The molecule has 0 aliphatic heterocycles. The zero-order valence-corrected chi connectivity index (χ0v) is 19.9. The van der Waals surface area contributed by atoms with Crippen LogP contribution in [0.1, 0.15) is 21.5 Å². The number of aryl methyl sites for hydroxylation is 2. The fourth-order valence-electron chi connectivity index (χ4n) is 3.58. The third kappa shape index (κ3) is 4.81. The number of thiazole rings is 1. The molecule has 1 heterocycles. The summed E-state index contributed by atoms with van der Waals surface area (Å²) < 4.78 is 30.8. The van der Waals surface area contributed by atoms with Gasteiger partial charge in [-0.2, -0.15) is 4.99 Å². The lowest BCUT2D eigenvalue weighted by molar-refractivity contribution is 0.0998. The number of aromatic nitrogens is 1. The number of fused-ring (bicyclic) bond motifs is 1. The first-order valence-electron chi connectivity index (χ1n) is 10.3. The van der Waals surface area contributed by atoms with E-state index < -0.39 is 15.9 Å². The van der Waals surface area contributed by atoms with Gasteiger partial charge in [-0.25, -0.2) is 8.42 Å². The molecule has 0 bridgehead atoms. The van der Waals surface area contributed by atoms with E-state index in [0.717, 1.165) is 21.3 Å². The topological polar surface area (TPSA) is 80.5 Å². The van der Waals surface area contributed by atoms with Crippen LogP contribution in [-0.2, 0) is 16.6 Å². The predicted octanol–water partition coefficient (Wildman–Crippen LogP) is 5.05. The van der Waals surface area contributed by atoms with Crippen LogP contribution in [0.25, 0.3) is 10.2 Å². The van der Waals surface area contributed by atoms with Gasteiger partial charge in [0, 0.05) is 17.8 Å². The Labute approximate surface area is 196 Å². The first-order valence-corrected chi connectivity index (χ1v) is 12.6. The van der Waals surface area contributed by atoms with Crippen LogP contribution in [-0.4, -0.2) is 18.9 Å². The molecule has 1 N–H and O–H groups in total. The Morgan fingerprint density at radius 1 is 1.09 bits per heavy atom. The van der Waals surface area contributed by atoms with E-state index in [1.807, 2.05) is 18.4 Å². The number of hydrogen-bond acceptors (Lipinski definition) is 4. The fourth-order valence-corrected chi connectivity index (χ4v) is 5.74. The highest BCUT2D eigenvalue weighted by atomic mass is 32.2. The molecule has 0 aliphatic rings. The third-order valence-electron chi connectivity index (χ3n) is 5.04. The van der Waals surface area contributed by atoms with E-state index in [-0.39, 0.29) is 4.90 Å². The maximum Gasteiger partial charge on any atom is 0.279 e. The summed E-state index contributed by atoms with van der Waals surface area (Å²) in [5, 5.41) is 0. The summed E-state index contributed by atoms with van der Waals surface area (Å²) in [6.45, 7) is 8.42. The Balaban J connectivity index is 1.71. The number of amides is 1. The molecule has 3 aromatic carbocycles. The summed E-state index contributed by atoms with van der Waals surface area (Å²) in [7, 11) is -3.76. The molecule has 6 nitrogen and oxygen atoms in total. The number of benzene rings is 3. The first kappa shape index (κ1) is 22.7. The molecule has 1 aromatic heterocycles. The average molecular weight is 478 g/mol. The van der Waals surface area contributed by atoms with Gasteiger partial charge in [-0.3, -0.25) is 9.52 Å². The number of carbonyl (C=O) groups excluding carboxylic acids is 1. The van der Waals surface area contributed by atoms with Gasteiger partial charge in [-0.1, -0.05) is 47.7 Å². The number of allylic oxidation sites excluding steroid dienone is 1. The molecule has 8 heteroatoms. The maximum absolute atomic E-state index is 13.0. The van der Waals surface area contributed by atoms with Crippen LogP contribution in [0.3, 0.4) is 0 Å². The Morgan fingerprint density at radius 2 is 1.85 bits per heavy atom. The average Bonchev–Trinajstić information content (AvgIpc) is 3.12. The van der Waals surface area contributed by atoms with E-state index in [1.165, 1.54) is 29.5 Å². The van der Waals surface area contributed by atoms with Crippen LogP contribution in [0.4, 0.5) is 5.69 Å². The summed E-state index contributed by atoms with van der Waals surface area (Å²) in [5.41, 5.74) is 3.85. The Bertz CT molecular complexity index is 1530. The normalized spacial score (nSPS) is 12.1. The number of anilines is 1. The van der Waals surface area contributed by atoms with Crippen LogP contribution in [0.15, 0.2) is 89.3 Å². The van der Waals surface area contributed by atoms with E-state index in [1.54, 1.807) is 42.5 Å². The van der Waals surface area contributed by atoms with Gasteiger partial charge >= 0.3 is 0 Å². The van der Waals surface area contributed by atoms with Crippen molar-refractivity contribution in [2.24, 2.45) is 4.99 Å². The molecule has 0 atom stereocenters. The number of nitrogens with one attached hydrogen (secondary N) is 1. The van der Waals surface area contributed by atoms with Gasteiger partial charge in [0.2, 0.25) is 0 Å². The highest BCUT2D eigenvalue weighted by Crippen LogP contribution is 2.24. The van der Waals surface area contributed by atoms with E-state index in [2.05, 4.69) is 28.4 Å². The lowest BCUT2D eigenvalue weighted by Gasteiger charge is -2.08. The molecule has 0 saturated heterocycles. The maximum atomic E-state index is 13.0. The van der Waals surface area contributed by atoms with Crippen molar-refractivity contribution in [3.05, 3.63) is 101 Å². The van der Waals surface area contributed by atoms with Crippen molar-refractivity contribution >= 4 is 43.2 Å². The molecule has 0 fully saturated rings. The van der Waals surface area contributed by atoms with Crippen LogP contribution in [0.2, 0.25) is 0 Å². The zero-order chi connectivity index (χ0) is 23.6. The molecule has 0 radical (unpaired) electrons. The molecule has 4 aromatic rings. The number of sulfonamides is 1. The SMILES string of the molecule is C=CCn1c(=NC(=O)c2cccc(NS(=O)(=O)c3ccccc3)c2)sc2c(C)cc(C)cc21. The van der Waals surface area contributed by atoms with Gasteiger partial charge in [-0.05, 0) is 61.4 Å². The molecule has 33 heavy (non-hydrogen) atoms. The summed E-state index contributed by atoms with van der Waals surface area (Å²) in [4.78, 5) is 18.1. The molecule has 0 spiro atoms. The second kappa shape index (κ2) is 9.17. The quantitative estimate of drug-likeness (QED) is 0.395. The second-order valence-electron chi connectivity index (χ2n) is 7.63. The number of hydrogen-bond donors (Lipinski definition) is 1. The zero-order valence-electron chi connectivity index (χ0n) is 18.3. The third-order valence-corrected chi connectivity index (χ3v) is 7.67. The summed E-state index contributed by atoms with van der Waals surface area (Å²) in [6.07, 6.45) is 1.77. The van der Waals surface area contributed by atoms with Gasteiger partial charge in [-0.15, -0.1) is 6.58 Å². The standard InChI is InChI=1S/C25H23N3O3S2/c1-4-13-28-22-15-17(2)14-18(3)23(22)32-25(28)26-24(29)19-9-8-10-20(16-19)27-33(30,31)21-11-6-5-7-12-21/h4-12,14-16,27H,1,13H2,2-3H3. The van der Waals surface area contributed by atoms with Crippen LogP contribution in [0.5, 0.6) is 0 Å². The van der Waals surface area contributed by atoms with Crippen molar-refractivity contribution in [1.82, 2.24) is 4.57 Å². The van der Waals surface area contributed by atoms with Gasteiger partial charge in [0.05, 0.1) is 15.1 Å². The number of carbonyl (C=O) groups is 1. The Morgan fingerprint density at radius 3 is 2.58 bits per heavy atom. The van der Waals surface area contributed by atoms with Crippen molar-refractivity contribution in [1.29, 1.82) is 0 Å². The molecule has 0 unspecified atom stereocenters. The fraction of sp³-hybridized carbons (Fsp3) is 0.120. The van der Waals surface area contributed by atoms with Gasteiger partial charge < -0.3 is 4.57 Å². The molecule has 1 amide bonds. The number of rotatable bonds is 6. The molecular weight excluding hydrogens is 454 g/mol. The molecular formula is C25H23N3O3S2. The highest BCUT2D eigenvalue weighted by Gasteiger charge is 2.15. The van der Waals surface area contributed by atoms with E-state index >= 15 is 0 Å². The van der Waals surface area contributed by atoms with Crippen molar-refractivity contribution < 1.29 is 13.2 Å².